The third-order valence-corrected chi connectivity index (χ3v) is 5.44. The maximum absolute atomic E-state index is 12.1. The van der Waals surface area contributed by atoms with Crippen molar-refractivity contribution in [3.63, 3.8) is 0 Å². The summed E-state index contributed by atoms with van der Waals surface area (Å²) in [5.41, 5.74) is 5.06. The first kappa shape index (κ1) is 19.8. The van der Waals surface area contributed by atoms with Crippen LogP contribution >= 0.6 is 0 Å². The Morgan fingerprint density at radius 2 is 1.87 bits per heavy atom. The Morgan fingerprint density at radius 1 is 1.13 bits per heavy atom. The summed E-state index contributed by atoms with van der Waals surface area (Å²) in [6.07, 6.45) is 2.05. The highest BCUT2D eigenvalue weighted by Gasteiger charge is 2.28. The lowest BCUT2D eigenvalue weighted by Gasteiger charge is -2.29. The highest BCUT2D eigenvalue weighted by Crippen LogP contribution is 2.30. The van der Waals surface area contributed by atoms with E-state index in [1.807, 2.05) is 48.5 Å². The van der Waals surface area contributed by atoms with Gasteiger partial charge in [-0.15, -0.1) is 0 Å². The van der Waals surface area contributed by atoms with Crippen molar-refractivity contribution in [2.45, 2.75) is 20.4 Å². The van der Waals surface area contributed by atoms with Crippen molar-refractivity contribution in [3.05, 3.63) is 70.9 Å². The SMILES string of the molecule is CC[NH+]1C/C(=C\c2ccc(NC(C)=O)cc2)c2nc3ccccc3c(C(=O)[O-])c2C1. The maximum atomic E-state index is 12.1. The van der Waals surface area contributed by atoms with Crippen molar-refractivity contribution in [1.82, 2.24) is 4.98 Å². The molecule has 0 aliphatic carbocycles. The van der Waals surface area contributed by atoms with Crippen molar-refractivity contribution in [3.8, 4) is 0 Å². The molecule has 1 unspecified atom stereocenters. The summed E-state index contributed by atoms with van der Waals surface area (Å²) in [6, 6.07) is 14.9. The van der Waals surface area contributed by atoms with E-state index < -0.39 is 5.97 Å². The largest absolute Gasteiger partial charge is 0.545 e. The Morgan fingerprint density at radius 3 is 2.53 bits per heavy atom. The molecule has 0 fully saturated rings. The van der Waals surface area contributed by atoms with Crippen LogP contribution < -0.4 is 15.3 Å². The van der Waals surface area contributed by atoms with E-state index in [0.717, 1.165) is 41.2 Å². The molecule has 30 heavy (non-hydrogen) atoms. The van der Waals surface area contributed by atoms with E-state index >= 15 is 0 Å². The molecule has 6 heteroatoms. The van der Waals surface area contributed by atoms with Gasteiger partial charge in [0.25, 0.3) is 0 Å². The summed E-state index contributed by atoms with van der Waals surface area (Å²) >= 11 is 0. The fourth-order valence-corrected chi connectivity index (χ4v) is 4.02. The Balaban J connectivity index is 1.86. The highest BCUT2D eigenvalue weighted by molar-refractivity contribution is 6.05. The highest BCUT2D eigenvalue weighted by atomic mass is 16.4. The van der Waals surface area contributed by atoms with E-state index in [1.54, 1.807) is 6.07 Å². The van der Waals surface area contributed by atoms with E-state index in [0.29, 0.717) is 17.4 Å². The minimum atomic E-state index is -1.17. The molecule has 1 amide bonds. The van der Waals surface area contributed by atoms with E-state index in [4.69, 9.17) is 4.98 Å². The van der Waals surface area contributed by atoms with Gasteiger partial charge >= 0.3 is 0 Å². The van der Waals surface area contributed by atoms with Crippen LogP contribution in [-0.4, -0.2) is 29.9 Å². The molecule has 0 saturated carbocycles. The van der Waals surface area contributed by atoms with Gasteiger partial charge in [0.1, 0.15) is 13.1 Å². The number of aromatic carboxylic acids is 1. The Hall–Kier alpha value is -3.51. The van der Waals surface area contributed by atoms with Crippen LogP contribution in [0.2, 0.25) is 0 Å². The number of aromatic nitrogens is 1. The first-order chi connectivity index (χ1) is 14.5. The average molecular weight is 401 g/mol. The number of fused-ring (bicyclic) bond motifs is 2. The first-order valence-electron chi connectivity index (χ1n) is 10.0. The smallest absolute Gasteiger partial charge is 0.221 e. The van der Waals surface area contributed by atoms with Gasteiger partial charge in [0.15, 0.2) is 0 Å². The fraction of sp³-hybridized carbons (Fsp3) is 0.208. The zero-order valence-corrected chi connectivity index (χ0v) is 17.0. The molecule has 1 aromatic heterocycles. The maximum Gasteiger partial charge on any atom is 0.221 e. The van der Waals surface area contributed by atoms with Crippen LogP contribution in [0.4, 0.5) is 5.69 Å². The molecule has 2 N–H and O–H groups in total. The Bertz CT molecular complexity index is 1170. The van der Waals surface area contributed by atoms with E-state index in [1.165, 1.54) is 11.8 Å². The van der Waals surface area contributed by atoms with Crippen molar-refractivity contribution >= 4 is 40.1 Å². The number of para-hydroxylation sites is 1. The summed E-state index contributed by atoms with van der Waals surface area (Å²) in [5.74, 6) is -1.28. The van der Waals surface area contributed by atoms with Crippen LogP contribution in [0, 0.1) is 0 Å². The minimum Gasteiger partial charge on any atom is -0.545 e. The second-order valence-corrected chi connectivity index (χ2v) is 7.55. The predicted octanol–water partition coefficient (Wildman–Crippen LogP) is 1.52. The molecule has 1 atom stereocenters. The molecule has 1 aliphatic heterocycles. The topological polar surface area (TPSA) is 86.6 Å². The number of nitrogens with one attached hydrogen (secondary N) is 2. The number of hydrogen-bond donors (Lipinski definition) is 2. The number of carbonyl (C=O) groups excluding carboxylic acids is 2. The summed E-state index contributed by atoms with van der Waals surface area (Å²) in [5, 5.41) is 15.4. The minimum absolute atomic E-state index is 0.115. The van der Waals surface area contributed by atoms with Gasteiger partial charge in [-0.2, -0.15) is 0 Å². The number of nitrogens with zero attached hydrogens (tertiary/aromatic N) is 1. The van der Waals surface area contributed by atoms with Crippen molar-refractivity contribution in [1.29, 1.82) is 0 Å². The number of carboxylic acid groups (broad SMARTS) is 1. The molecular weight excluding hydrogens is 378 g/mol. The Labute approximate surface area is 174 Å². The number of hydrogen-bond acceptors (Lipinski definition) is 4. The van der Waals surface area contributed by atoms with Gasteiger partial charge in [-0.25, -0.2) is 4.98 Å². The number of pyridine rings is 1. The van der Waals surface area contributed by atoms with Gasteiger partial charge in [-0.3, -0.25) is 4.79 Å². The van der Waals surface area contributed by atoms with Gasteiger partial charge in [-0.1, -0.05) is 30.3 Å². The zero-order chi connectivity index (χ0) is 21.3. The van der Waals surface area contributed by atoms with Crippen LogP contribution in [0.5, 0.6) is 0 Å². The molecular formula is C24H23N3O3. The van der Waals surface area contributed by atoms with Crippen LogP contribution in [0.15, 0.2) is 48.5 Å². The number of amides is 1. The first-order valence-corrected chi connectivity index (χ1v) is 10.0. The predicted molar refractivity (Wildman–Crippen MR) is 115 cm³/mol. The molecule has 3 aromatic rings. The van der Waals surface area contributed by atoms with Crippen LogP contribution in [0.1, 0.15) is 41.0 Å². The number of carboxylic acids is 1. The molecule has 0 saturated heterocycles. The van der Waals surface area contributed by atoms with E-state index in [2.05, 4.69) is 12.2 Å². The van der Waals surface area contributed by atoms with Crippen LogP contribution in [0.25, 0.3) is 22.6 Å². The number of carbonyl (C=O) groups is 2. The zero-order valence-electron chi connectivity index (χ0n) is 17.0. The summed E-state index contributed by atoms with van der Waals surface area (Å²) in [7, 11) is 0. The van der Waals surface area contributed by atoms with Crippen molar-refractivity contribution in [2.75, 3.05) is 18.4 Å². The molecule has 152 valence electrons. The molecule has 0 bridgehead atoms. The van der Waals surface area contributed by atoms with Gasteiger partial charge < -0.3 is 20.1 Å². The van der Waals surface area contributed by atoms with Crippen molar-refractivity contribution in [2.24, 2.45) is 0 Å². The second kappa shape index (κ2) is 8.08. The van der Waals surface area contributed by atoms with E-state index in [-0.39, 0.29) is 11.5 Å². The lowest BCUT2D eigenvalue weighted by molar-refractivity contribution is -0.905. The lowest BCUT2D eigenvalue weighted by atomic mass is 9.92. The Kier molecular flexibility index (Phi) is 5.33. The molecule has 6 nitrogen and oxygen atoms in total. The monoisotopic (exact) mass is 401 g/mol. The fourth-order valence-electron chi connectivity index (χ4n) is 4.02. The normalized spacial score (nSPS) is 17.0. The van der Waals surface area contributed by atoms with Crippen LogP contribution in [-0.2, 0) is 11.3 Å². The summed E-state index contributed by atoms with van der Waals surface area (Å²) in [6.45, 7) is 5.80. The number of rotatable bonds is 4. The number of likely N-dealkylation sites (N-methyl/N-ethyl adjacent to an activating group) is 1. The molecule has 4 rings (SSSR count). The summed E-state index contributed by atoms with van der Waals surface area (Å²) in [4.78, 5) is 29.4. The molecule has 0 spiro atoms. The molecule has 2 heterocycles. The van der Waals surface area contributed by atoms with Gasteiger partial charge in [0, 0.05) is 34.7 Å². The summed E-state index contributed by atoms with van der Waals surface area (Å²) < 4.78 is 0. The lowest BCUT2D eigenvalue weighted by Crippen LogP contribution is -3.11. The van der Waals surface area contributed by atoms with Gasteiger partial charge in [0.2, 0.25) is 5.91 Å². The molecule has 1 aliphatic rings. The second-order valence-electron chi connectivity index (χ2n) is 7.55. The standard InChI is InChI=1S/C24H23N3O3/c1-3-27-13-17(12-16-8-10-18(11-9-16)25-15(2)28)23-20(14-27)22(24(29)30)19-6-4-5-7-21(19)26-23/h4-12H,3,13-14H2,1-2H3,(H,25,28)(H,29,30)/b17-12+. The van der Waals surface area contributed by atoms with Crippen molar-refractivity contribution < 1.29 is 19.6 Å². The number of benzene rings is 2. The van der Waals surface area contributed by atoms with E-state index in [9.17, 15) is 14.7 Å². The number of anilines is 1. The average Bonchev–Trinajstić information content (AvgIpc) is 2.72. The van der Waals surface area contributed by atoms with Crippen LogP contribution in [0.3, 0.4) is 0 Å². The third kappa shape index (κ3) is 3.82. The van der Waals surface area contributed by atoms with Gasteiger partial charge in [0.05, 0.1) is 23.7 Å². The third-order valence-electron chi connectivity index (χ3n) is 5.44. The quantitative estimate of drug-likeness (QED) is 0.694. The number of quaternary nitrogens is 1. The molecule has 2 aromatic carbocycles. The molecule has 0 radical (unpaired) electrons. The van der Waals surface area contributed by atoms with Gasteiger partial charge in [-0.05, 0) is 36.8 Å².